The Labute approximate surface area is 105 Å². The minimum Gasteiger partial charge on any atom is -0.350 e. The lowest BCUT2D eigenvalue weighted by Crippen LogP contribution is -2.44. The lowest BCUT2D eigenvalue weighted by Gasteiger charge is -2.32. The first-order chi connectivity index (χ1) is 8.69. The number of nitrogens with one attached hydrogen (secondary N) is 1. The van der Waals surface area contributed by atoms with Crippen molar-refractivity contribution in [3.63, 3.8) is 0 Å². The summed E-state index contributed by atoms with van der Waals surface area (Å²) in [6.45, 7) is 4.81. The van der Waals surface area contributed by atoms with Crippen LogP contribution in [0.3, 0.4) is 0 Å². The first-order valence-corrected chi connectivity index (χ1v) is 5.84. The minimum atomic E-state index is -0.465. The fourth-order valence-electron chi connectivity index (χ4n) is 1.99. The molecule has 0 aromatic carbocycles. The van der Waals surface area contributed by atoms with Crippen molar-refractivity contribution in [2.45, 2.75) is 18.9 Å². The van der Waals surface area contributed by atoms with E-state index in [0.717, 1.165) is 31.8 Å². The van der Waals surface area contributed by atoms with Gasteiger partial charge in [0.25, 0.3) is 0 Å². The van der Waals surface area contributed by atoms with Gasteiger partial charge in [-0.1, -0.05) is 6.58 Å². The zero-order valence-corrected chi connectivity index (χ0v) is 9.97. The number of anilines is 1. The predicted octanol–water partition coefficient (Wildman–Crippen LogP) is 1.20. The standard InChI is InChI=1S/C12H15FN4O/c1-2-11(18)17-5-3-4-10(8-17)16-12-14-6-9(13)7-15-12/h2,6-7,10H,1,3-5,8H2,(H,14,15,16). The Morgan fingerprint density at radius 1 is 1.56 bits per heavy atom. The summed E-state index contributed by atoms with van der Waals surface area (Å²) in [7, 11) is 0. The summed E-state index contributed by atoms with van der Waals surface area (Å²) in [5, 5.41) is 3.10. The van der Waals surface area contributed by atoms with Crippen LogP contribution >= 0.6 is 0 Å². The highest BCUT2D eigenvalue weighted by molar-refractivity contribution is 5.87. The Morgan fingerprint density at radius 3 is 2.94 bits per heavy atom. The molecule has 1 aliphatic rings. The van der Waals surface area contributed by atoms with Gasteiger partial charge in [0.2, 0.25) is 11.9 Å². The fourth-order valence-corrected chi connectivity index (χ4v) is 1.99. The van der Waals surface area contributed by atoms with Crippen molar-refractivity contribution in [3.05, 3.63) is 30.9 Å². The van der Waals surface area contributed by atoms with Crippen molar-refractivity contribution >= 4 is 11.9 Å². The molecule has 1 aromatic rings. The number of carbonyl (C=O) groups is 1. The van der Waals surface area contributed by atoms with Crippen LogP contribution in [-0.2, 0) is 4.79 Å². The van der Waals surface area contributed by atoms with Gasteiger partial charge in [0.1, 0.15) is 0 Å². The highest BCUT2D eigenvalue weighted by Crippen LogP contribution is 2.13. The van der Waals surface area contributed by atoms with Gasteiger partial charge in [-0.05, 0) is 18.9 Å². The molecule has 2 rings (SSSR count). The zero-order chi connectivity index (χ0) is 13.0. The van der Waals surface area contributed by atoms with Gasteiger partial charge in [0, 0.05) is 19.1 Å². The summed E-state index contributed by atoms with van der Waals surface area (Å²) in [5.74, 6) is -0.150. The maximum Gasteiger partial charge on any atom is 0.246 e. The van der Waals surface area contributed by atoms with E-state index < -0.39 is 5.82 Å². The van der Waals surface area contributed by atoms with E-state index in [4.69, 9.17) is 0 Å². The monoisotopic (exact) mass is 250 g/mol. The zero-order valence-electron chi connectivity index (χ0n) is 9.97. The van der Waals surface area contributed by atoms with Crippen LogP contribution in [0.25, 0.3) is 0 Å². The second kappa shape index (κ2) is 5.57. The van der Waals surface area contributed by atoms with E-state index in [-0.39, 0.29) is 11.9 Å². The molecule has 1 unspecified atom stereocenters. The van der Waals surface area contributed by atoms with Crippen molar-refractivity contribution in [1.82, 2.24) is 14.9 Å². The molecule has 1 aromatic heterocycles. The molecule has 18 heavy (non-hydrogen) atoms. The first kappa shape index (κ1) is 12.5. The molecule has 1 amide bonds. The van der Waals surface area contributed by atoms with Gasteiger partial charge >= 0.3 is 0 Å². The maximum absolute atomic E-state index is 12.7. The van der Waals surface area contributed by atoms with Crippen LogP contribution < -0.4 is 5.32 Å². The second-order valence-electron chi connectivity index (χ2n) is 4.20. The molecule has 1 N–H and O–H groups in total. The molecule has 1 aliphatic heterocycles. The van der Waals surface area contributed by atoms with Gasteiger partial charge < -0.3 is 10.2 Å². The van der Waals surface area contributed by atoms with E-state index in [1.165, 1.54) is 6.08 Å². The van der Waals surface area contributed by atoms with Crippen molar-refractivity contribution in [2.75, 3.05) is 18.4 Å². The third kappa shape index (κ3) is 3.03. The molecular formula is C12H15FN4O. The molecular weight excluding hydrogens is 235 g/mol. The van der Waals surface area contributed by atoms with Crippen LogP contribution in [0, 0.1) is 5.82 Å². The number of aromatic nitrogens is 2. The van der Waals surface area contributed by atoms with Crippen molar-refractivity contribution in [1.29, 1.82) is 0 Å². The quantitative estimate of drug-likeness (QED) is 0.819. The number of amides is 1. The number of likely N-dealkylation sites (tertiary alicyclic amines) is 1. The van der Waals surface area contributed by atoms with Crippen LogP contribution in [0.1, 0.15) is 12.8 Å². The summed E-state index contributed by atoms with van der Waals surface area (Å²) in [6, 6.07) is 0.0908. The lowest BCUT2D eigenvalue weighted by molar-refractivity contribution is -0.127. The summed E-state index contributed by atoms with van der Waals surface area (Å²) in [4.78, 5) is 20.9. The van der Waals surface area contributed by atoms with E-state index in [1.54, 1.807) is 4.90 Å². The fraction of sp³-hybridized carbons (Fsp3) is 0.417. The van der Waals surface area contributed by atoms with Crippen LogP contribution in [0.15, 0.2) is 25.0 Å². The molecule has 96 valence electrons. The van der Waals surface area contributed by atoms with E-state index in [2.05, 4.69) is 21.9 Å². The van der Waals surface area contributed by atoms with Gasteiger partial charge in [-0.2, -0.15) is 0 Å². The summed E-state index contributed by atoms with van der Waals surface area (Å²) in [5.41, 5.74) is 0. The highest BCUT2D eigenvalue weighted by Gasteiger charge is 2.22. The largest absolute Gasteiger partial charge is 0.350 e. The molecule has 0 bridgehead atoms. The Kier molecular flexibility index (Phi) is 3.86. The Morgan fingerprint density at radius 2 is 2.28 bits per heavy atom. The first-order valence-electron chi connectivity index (χ1n) is 5.84. The van der Waals surface area contributed by atoms with E-state index in [1.807, 2.05) is 0 Å². The topological polar surface area (TPSA) is 58.1 Å². The Balaban J connectivity index is 1.95. The van der Waals surface area contributed by atoms with E-state index in [0.29, 0.717) is 12.5 Å². The molecule has 0 radical (unpaired) electrons. The molecule has 5 nitrogen and oxygen atoms in total. The average molecular weight is 250 g/mol. The number of rotatable bonds is 3. The molecule has 1 fully saturated rings. The van der Waals surface area contributed by atoms with Crippen molar-refractivity contribution < 1.29 is 9.18 Å². The third-order valence-corrected chi connectivity index (χ3v) is 2.86. The lowest BCUT2D eigenvalue weighted by atomic mass is 10.1. The molecule has 6 heteroatoms. The Hall–Kier alpha value is -1.98. The van der Waals surface area contributed by atoms with E-state index in [9.17, 15) is 9.18 Å². The minimum absolute atomic E-state index is 0.0680. The molecule has 2 heterocycles. The summed E-state index contributed by atoms with van der Waals surface area (Å²) >= 11 is 0. The smallest absolute Gasteiger partial charge is 0.246 e. The van der Waals surface area contributed by atoms with Crippen molar-refractivity contribution in [2.24, 2.45) is 0 Å². The number of nitrogens with zero attached hydrogens (tertiary/aromatic N) is 3. The average Bonchev–Trinajstić information content (AvgIpc) is 2.41. The van der Waals surface area contributed by atoms with Crippen LogP contribution in [-0.4, -0.2) is 39.9 Å². The van der Waals surface area contributed by atoms with Gasteiger partial charge in [-0.3, -0.25) is 4.79 Å². The molecule has 0 saturated carbocycles. The van der Waals surface area contributed by atoms with Crippen molar-refractivity contribution in [3.8, 4) is 0 Å². The highest BCUT2D eigenvalue weighted by atomic mass is 19.1. The Bertz CT molecular complexity index is 434. The second-order valence-corrected chi connectivity index (χ2v) is 4.20. The van der Waals surface area contributed by atoms with Crippen LogP contribution in [0.2, 0.25) is 0 Å². The maximum atomic E-state index is 12.7. The van der Waals surface area contributed by atoms with Gasteiger partial charge in [0.05, 0.1) is 12.4 Å². The van der Waals surface area contributed by atoms with E-state index >= 15 is 0 Å². The molecule has 1 atom stereocenters. The van der Waals surface area contributed by atoms with Crippen LogP contribution in [0.5, 0.6) is 0 Å². The van der Waals surface area contributed by atoms with Gasteiger partial charge in [0.15, 0.2) is 5.82 Å². The molecule has 1 saturated heterocycles. The van der Waals surface area contributed by atoms with Gasteiger partial charge in [-0.15, -0.1) is 0 Å². The number of hydrogen-bond acceptors (Lipinski definition) is 4. The SMILES string of the molecule is C=CC(=O)N1CCCC(Nc2ncc(F)cn2)C1. The summed E-state index contributed by atoms with van der Waals surface area (Å²) in [6.07, 6.45) is 5.40. The van der Waals surface area contributed by atoms with Gasteiger partial charge in [-0.25, -0.2) is 14.4 Å². The molecule has 0 spiro atoms. The predicted molar refractivity (Wildman–Crippen MR) is 65.4 cm³/mol. The van der Waals surface area contributed by atoms with Crippen LogP contribution in [0.4, 0.5) is 10.3 Å². The third-order valence-electron chi connectivity index (χ3n) is 2.86. The summed E-state index contributed by atoms with van der Waals surface area (Å²) < 4.78 is 12.7. The number of piperidine rings is 1. The number of carbonyl (C=O) groups excluding carboxylic acids is 1. The molecule has 0 aliphatic carbocycles. The number of hydrogen-bond donors (Lipinski definition) is 1. The normalized spacial score (nSPS) is 19.4. The number of halogens is 1.